The van der Waals surface area contributed by atoms with E-state index in [1.54, 1.807) is 7.11 Å². The van der Waals surface area contributed by atoms with Gasteiger partial charge < -0.3 is 14.8 Å². The summed E-state index contributed by atoms with van der Waals surface area (Å²) in [6.45, 7) is 10.5. The van der Waals surface area contributed by atoms with Gasteiger partial charge in [0, 0.05) is 7.05 Å². The van der Waals surface area contributed by atoms with Gasteiger partial charge in [0.25, 0.3) is 0 Å². The Bertz CT molecular complexity index is 556. The van der Waals surface area contributed by atoms with Gasteiger partial charge in [0.15, 0.2) is 11.5 Å². The molecule has 0 amide bonds. The number of nitrogens with one attached hydrogen (secondary N) is 1. The van der Waals surface area contributed by atoms with Crippen LogP contribution in [0.1, 0.15) is 23.6 Å². The number of aryl methyl sites for hydroxylation is 2. The van der Waals surface area contributed by atoms with Crippen LogP contribution in [0.2, 0.25) is 0 Å². The van der Waals surface area contributed by atoms with E-state index >= 15 is 0 Å². The van der Waals surface area contributed by atoms with Gasteiger partial charge in [-0.25, -0.2) is 0 Å². The van der Waals surface area contributed by atoms with Gasteiger partial charge in [-0.3, -0.25) is 0 Å². The molecule has 0 saturated heterocycles. The number of benzene rings is 1. The molecular weight excluding hydrogens is 262 g/mol. The van der Waals surface area contributed by atoms with Crippen LogP contribution in [0.15, 0.2) is 54.1 Å². The molecule has 0 saturated carbocycles. The number of ether oxygens (including phenoxy) is 2. The van der Waals surface area contributed by atoms with E-state index in [4.69, 9.17) is 9.47 Å². The quantitative estimate of drug-likeness (QED) is 0.607. The molecule has 3 heteroatoms. The Hall–Kier alpha value is -2.16. The van der Waals surface area contributed by atoms with Crippen LogP contribution in [0.4, 0.5) is 0 Å². The van der Waals surface area contributed by atoms with E-state index in [1.165, 1.54) is 11.1 Å². The molecule has 0 atom stereocenters. The van der Waals surface area contributed by atoms with Gasteiger partial charge in [0.05, 0.1) is 12.8 Å². The molecule has 0 aliphatic carbocycles. The fourth-order valence-electron chi connectivity index (χ4n) is 1.91. The van der Waals surface area contributed by atoms with Crippen LogP contribution in [0.3, 0.4) is 0 Å². The monoisotopic (exact) mass is 287 g/mol. The second-order valence-corrected chi connectivity index (χ2v) is 4.84. The molecule has 0 aromatic heterocycles. The molecule has 0 aliphatic rings. The Balaban J connectivity index is 3.03. The fraction of sp³-hybridized carbons (Fsp3) is 0.333. The molecule has 1 aromatic carbocycles. The summed E-state index contributed by atoms with van der Waals surface area (Å²) >= 11 is 0. The summed E-state index contributed by atoms with van der Waals surface area (Å²) in [7, 11) is 3.44. The molecule has 0 unspecified atom stereocenters. The molecule has 0 spiro atoms. The predicted molar refractivity (Wildman–Crippen MR) is 87.8 cm³/mol. The second kappa shape index (κ2) is 8.20. The van der Waals surface area contributed by atoms with E-state index in [0.29, 0.717) is 23.8 Å². The van der Waals surface area contributed by atoms with Gasteiger partial charge in [-0.05, 0) is 38.0 Å². The van der Waals surface area contributed by atoms with Crippen LogP contribution in [0.5, 0.6) is 0 Å². The van der Waals surface area contributed by atoms with Crippen molar-refractivity contribution in [3.63, 3.8) is 0 Å². The second-order valence-electron chi connectivity index (χ2n) is 4.84. The van der Waals surface area contributed by atoms with Crippen molar-refractivity contribution >= 4 is 0 Å². The van der Waals surface area contributed by atoms with Crippen molar-refractivity contribution in [3.8, 4) is 0 Å². The highest BCUT2D eigenvalue weighted by Gasteiger charge is 2.11. The summed E-state index contributed by atoms with van der Waals surface area (Å²) < 4.78 is 11.3. The molecule has 21 heavy (non-hydrogen) atoms. The molecule has 1 N–H and O–H groups in total. The van der Waals surface area contributed by atoms with E-state index in [-0.39, 0.29) is 0 Å². The average molecular weight is 287 g/mol. The summed E-state index contributed by atoms with van der Waals surface area (Å²) in [5, 5.41) is 3.01. The lowest BCUT2D eigenvalue weighted by Crippen LogP contribution is -2.12. The molecule has 1 aromatic rings. The molecule has 1 rings (SSSR count). The summed E-state index contributed by atoms with van der Waals surface area (Å²) in [4.78, 5) is 0. The van der Waals surface area contributed by atoms with E-state index in [2.05, 4.69) is 43.9 Å². The summed E-state index contributed by atoms with van der Waals surface area (Å²) in [5.41, 5.74) is 4.28. The van der Waals surface area contributed by atoms with E-state index in [0.717, 1.165) is 5.56 Å². The minimum absolute atomic E-state index is 0.480. The molecule has 0 fully saturated rings. The number of likely N-dealkylation sites (N-methyl/N-ethyl adjacent to an activating group) is 1. The topological polar surface area (TPSA) is 30.5 Å². The minimum Gasteiger partial charge on any atom is -0.493 e. The zero-order chi connectivity index (χ0) is 15.8. The third-order valence-electron chi connectivity index (χ3n) is 3.21. The molecule has 0 heterocycles. The number of rotatable bonds is 7. The van der Waals surface area contributed by atoms with Crippen LogP contribution in [-0.4, -0.2) is 14.2 Å². The summed E-state index contributed by atoms with van der Waals surface area (Å²) in [6, 6.07) is 6.34. The number of hydrogen-bond donors (Lipinski definition) is 1. The third-order valence-corrected chi connectivity index (χ3v) is 3.21. The average Bonchev–Trinajstić information content (AvgIpc) is 2.49. The Morgan fingerprint density at radius 1 is 1.33 bits per heavy atom. The standard InChI is InChI=1S/C18H25NO2/c1-7-8-17(20-6)18(15(4)19-5)21-12-16-11-13(2)9-10-14(16)3/h7-11,19H,4,12H2,1-3,5-6H3/b8-7-,18-17-. The first-order chi connectivity index (χ1) is 10.0. The Morgan fingerprint density at radius 2 is 2.05 bits per heavy atom. The van der Waals surface area contributed by atoms with Crippen LogP contribution in [0.25, 0.3) is 0 Å². The maximum Gasteiger partial charge on any atom is 0.184 e. The van der Waals surface area contributed by atoms with E-state index < -0.39 is 0 Å². The summed E-state index contributed by atoms with van der Waals surface area (Å²) in [6.07, 6.45) is 3.77. The van der Waals surface area contributed by atoms with Crippen molar-refractivity contribution in [2.75, 3.05) is 14.2 Å². The normalized spacial score (nSPS) is 12.0. The SMILES string of the molecule is C=C(NC)/C(OCc1cc(C)ccc1C)=C(\C=C/C)OC. The van der Waals surface area contributed by atoms with Gasteiger partial charge >= 0.3 is 0 Å². The Kier molecular flexibility index (Phi) is 6.60. The predicted octanol–water partition coefficient (Wildman–Crippen LogP) is 3.99. The highest BCUT2D eigenvalue weighted by atomic mass is 16.5. The fourth-order valence-corrected chi connectivity index (χ4v) is 1.91. The maximum atomic E-state index is 5.96. The third kappa shape index (κ3) is 4.71. The van der Waals surface area contributed by atoms with Crippen molar-refractivity contribution in [3.05, 3.63) is 70.8 Å². The van der Waals surface area contributed by atoms with Gasteiger partial charge in [-0.15, -0.1) is 0 Å². The molecule has 0 aliphatic heterocycles. The molecule has 3 nitrogen and oxygen atoms in total. The lowest BCUT2D eigenvalue weighted by molar-refractivity contribution is 0.176. The number of allylic oxidation sites excluding steroid dienone is 2. The minimum atomic E-state index is 0.480. The van der Waals surface area contributed by atoms with Crippen molar-refractivity contribution in [2.45, 2.75) is 27.4 Å². The van der Waals surface area contributed by atoms with E-state index in [1.807, 2.05) is 26.1 Å². The van der Waals surface area contributed by atoms with Crippen molar-refractivity contribution < 1.29 is 9.47 Å². The highest BCUT2D eigenvalue weighted by molar-refractivity contribution is 5.32. The lowest BCUT2D eigenvalue weighted by atomic mass is 10.1. The van der Waals surface area contributed by atoms with Crippen LogP contribution < -0.4 is 5.32 Å². The van der Waals surface area contributed by atoms with Crippen LogP contribution in [0, 0.1) is 13.8 Å². The molecule has 0 radical (unpaired) electrons. The lowest BCUT2D eigenvalue weighted by Gasteiger charge is -2.16. The van der Waals surface area contributed by atoms with Crippen molar-refractivity contribution in [2.24, 2.45) is 0 Å². The van der Waals surface area contributed by atoms with Gasteiger partial charge in [-0.2, -0.15) is 0 Å². The summed E-state index contributed by atoms with van der Waals surface area (Å²) in [5.74, 6) is 1.28. The van der Waals surface area contributed by atoms with Crippen LogP contribution in [-0.2, 0) is 16.1 Å². The van der Waals surface area contributed by atoms with E-state index in [9.17, 15) is 0 Å². The number of methoxy groups -OCH3 is 1. The molecule has 0 bridgehead atoms. The highest BCUT2D eigenvalue weighted by Crippen LogP contribution is 2.19. The van der Waals surface area contributed by atoms with Crippen molar-refractivity contribution in [1.29, 1.82) is 0 Å². The Morgan fingerprint density at radius 3 is 2.62 bits per heavy atom. The zero-order valence-electron chi connectivity index (χ0n) is 13.6. The zero-order valence-corrected chi connectivity index (χ0v) is 13.6. The van der Waals surface area contributed by atoms with Gasteiger partial charge in [-0.1, -0.05) is 36.4 Å². The van der Waals surface area contributed by atoms with Gasteiger partial charge in [0.1, 0.15) is 6.61 Å². The number of hydrogen-bond acceptors (Lipinski definition) is 3. The first-order valence-corrected chi connectivity index (χ1v) is 7.00. The van der Waals surface area contributed by atoms with Gasteiger partial charge in [0.2, 0.25) is 0 Å². The first kappa shape index (κ1) is 16.9. The molecular formula is C18H25NO2. The smallest absolute Gasteiger partial charge is 0.184 e. The maximum absolute atomic E-state index is 5.96. The molecule has 114 valence electrons. The largest absolute Gasteiger partial charge is 0.493 e. The van der Waals surface area contributed by atoms with Crippen LogP contribution >= 0.6 is 0 Å². The Labute approximate surface area is 128 Å². The van der Waals surface area contributed by atoms with Crippen molar-refractivity contribution in [1.82, 2.24) is 5.32 Å². The first-order valence-electron chi connectivity index (χ1n) is 7.00.